The van der Waals surface area contributed by atoms with Crippen molar-refractivity contribution in [2.75, 3.05) is 19.6 Å². The third kappa shape index (κ3) is 4.60. The highest BCUT2D eigenvalue weighted by Gasteiger charge is 2.19. The fourth-order valence-electron chi connectivity index (χ4n) is 3.70. The SMILES string of the molecule is O=C(NCCN1CCc2c(Cl)cccc2C1)C(=O)NCc1cc2ccccc2[nH]1. The van der Waals surface area contributed by atoms with E-state index in [4.69, 9.17) is 11.6 Å². The zero-order valence-corrected chi connectivity index (χ0v) is 16.8. The quantitative estimate of drug-likeness (QED) is 0.566. The summed E-state index contributed by atoms with van der Waals surface area (Å²) < 4.78 is 0. The number of aromatic amines is 1. The number of benzene rings is 2. The van der Waals surface area contributed by atoms with Gasteiger partial charge < -0.3 is 15.6 Å². The summed E-state index contributed by atoms with van der Waals surface area (Å²) in [7, 11) is 0. The molecule has 2 heterocycles. The van der Waals surface area contributed by atoms with E-state index in [1.54, 1.807) is 0 Å². The number of carbonyl (C=O) groups is 2. The Morgan fingerprint density at radius 1 is 1.07 bits per heavy atom. The van der Waals surface area contributed by atoms with E-state index in [2.05, 4.69) is 26.6 Å². The summed E-state index contributed by atoms with van der Waals surface area (Å²) in [6, 6.07) is 15.8. The molecule has 2 amide bonds. The van der Waals surface area contributed by atoms with E-state index < -0.39 is 11.8 Å². The van der Waals surface area contributed by atoms with Gasteiger partial charge in [-0.3, -0.25) is 14.5 Å². The molecule has 0 radical (unpaired) electrons. The van der Waals surface area contributed by atoms with Crippen LogP contribution < -0.4 is 10.6 Å². The number of rotatable bonds is 5. The summed E-state index contributed by atoms with van der Waals surface area (Å²) in [6.45, 7) is 3.09. The lowest BCUT2D eigenvalue weighted by atomic mass is 10.00. The molecule has 6 nitrogen and oxygen atoms in total. The Morgan fingerprint density at radius 2 is 1.90 bits per heavy atom. The van der Waals surface area contributed by atoms with Crippen molar-refractivity contribution in [2.24, 2.45) is 0 Å². The van der Waals surface area contributed by atoms with Crippen LogP contribution in [0.25, 0.3) is 10.9 Å². The molecule has 7 heteroatoms. The van der Waals surface area contributed by atoms with Gasteiger partial charge in [-0.25, -0.2) is 0 Å². The van der Waals surface area contributed by atoms with Crippen molar-refractivity contribution in [3.63, 3.8) is 0 Å². The van der Waals surface area contributed by atoms with Crippen molar-refractivity contribution in [3.05, 3.63) is 70.4 Å². The van der Waals surface area contributed by atoms with Gasteiger partial charge >= 0.3 is 11.8 Å². The molecule has 0 spiro atoms. The smallest absolute Gasteiger partial charge is 0.309 e. The number of hydrogen-bond acceptors (Lipinski definition) is 3. The van der Waals surface area contributed by atoms with Gasteiger partial charge in [0.15, 0.2) is 0 Å². The lowest BCUT2D eigenvalue weighted by Crippen LogP contribution is -2.43. The number of aromatic nitrogens is 1. The molecule has 0 unspecified atom stereocenters. The lowest BCUT2D eigenvalue weighted by Gasteiger charge is -2.29. The lowest BCUT2D eigenvalue weighted by molar-refractivity contribution is -0.139. The number of nitrogens with one attached hydrogen (secondary N) is 3. The minimum absolute atomic E-state index is 0.282. The molecule has 1 aliphatic rings. The number of para-hydroxylation sites is 1. The molecule has 150 valence electrons. The number of hydrogen-bond donors (Lipinski definition) is 3. The van der Waals surface area contributed by atoms with Gasteiger partial charge in [-0.1, -0.05) is 41.9 Å². The normalized spacial score (nSPS) is 13.8. The zero-order valence-electron chi connectivity index (χ0n) is 16.0. The van der Waals surface area contributed by atoms with Crippen LogP contribution in [0.15, 0.2) is 48.5 Å². The molecule has 4 rings (SSSR count). The molecule has 0 saturated heterocycles. The fraction of sp³-hybridized carbons (Fsp3) is 0.273. The average Bonchev–Trinajstić information content (AvgIpc) is 3.15. The van der Waals surface area contributed by atoms with Crippen LogP contribution in [0, 0.1) is 0 Å². The average molecular weight is 411 g/mol. The zero-order chi connectivity index (χ0) is 20.2. The second kappa shape index (κ2) is 8.68. The van der Waals surface area contributed by atoms with Crippen LogP contribution in [0.5, 0.6) is 0 Å². The van der Waals surface area contributed by atoms with Crippen LogP contribution in [0.2, 0.25) is 5.02 Å². The summed E-state index contributed by atoms with van der Waals surface area (Å²) in [5, 5.41) is 7.25. The number of halogens is 1. The fourth-order valence-corrected chi connectivity index (χ4v) is 3.99. The predicted molar refractivity (Wildman–Crippen MR) is 114 cm³/mol. The van der Waals surface area contributed by atoms with Gasteiger partial charge in [-0.15, -0.1) is 0 Å². The molecule has 2 aromatic carbocycles. The van der Waals surface area contributed by atoms with E-state index >= 15 is 0 Å². The number of fused-ring (bicyclic) bond motifs is 2. The molecule has 0 atom stereocenters. The molecule has 0 saturated carbocycles. The van der Waals surface area contributed by atoms with E-state index in [0.29, 0.717) is 13.1 Å². The van der Waals surface area contributed by atoms with Gasteiger partial charge in [0, 0.05) is 42.4 Å². The Balaban J connectivity index is 1.21. The van der Waals surface area contributed by atoms with E-state index in [0.717, 1.165) is 41.1 Å². The molecular weight excluding hydrogens is 388 g/mol. The van der Waals surface area contributed by atoms with Crippen LogP contribution >= 0.6 is 11.6 Å². The van der Waals surface area contributed by atoms with Crippen molar-refractivity contribution in [1.29, 1.82) is 0 Å². The van der Waals surface area contributed by atoms with Gasteiger partial charge in [-0.2, -0.15) is 0 Å². The summed E-state index contributed by atoms with van der Waals surface area (Å²) >= 11 is 6.25. The Hall–Kier alpha value is -2.83. The maximum Gasteiger partial charge on any atom is 0.309 e. The van der Waals surface area contributed by atoms with E-state index in [-0.39, 0.29) is 6.54 Å². The molecule has 1 aliphatic heterocycles. The van der Waals surface area contributed by atoms with Gasteiger partial charge in [0.2, 0.25) is 0 Å². The summed E-state index contributed by atoms with van der Waals surface area (Å²) in [6.07, 6.45) is 0.897. The number of nitrogens with zero attached hydrogens (tertiary/aromatic N) is 1. The Bertz CT molecular complexity index is 1010. The molecule has 0 fully saturated rings. The first-order valence-electron chi connectivity index (χ1n) is 9.71. The molecule has 29 heavy (non-hydrogen) atoms. The maximum atomic E-state index is 12.1. The number of H-pyrrole nitrogens is 1. The van der Waals surface area contributed by atoms with Crippen molar-refractivity contribution in [3.8, 4) is 0 Å². The Kier molecular flexibility index (Phi) is 5.83. The molecule has 3 aromatic rings. The molecule has 0 bridgehead atoms. The largest absolute Gasteiger partial charge is 0.357 e. The van der Waals surface area contributed by atoms with Crippen LogP contribution in [0.4, 0.5) is 0 Å². The molecule has 0 aliphatic carbocycles. The van der Waals surface area contributed by atoms with Crippen molar-refractivity contribution < 1.29 is 9.59 Å². The summed E-state index contributed by atoms with van der Waals surface area (Å²) in [4.78, 5) is 29.6. The summed E-state index contributed by atoms with van der Waals surface area (Å²) in [5.41, 5.74) is 4.31. The Labute approximate surface area is 174 Å². The third-order valence-corrected chi connectivity index (χ3v) is 5.59. The van der Waals surface area contributed by atoms with Crippen LogP contribution in [-0.4, -0.2) is 41.3 Å². The van der Waals surface area contributed by atoms with E-state index in [1.807, 2.05) is 42.5 Å². The second-order valence-electron chi connectivity index (χ2n) is 7.22. The Morgan fingerprint density at radius 3 is 2.76 bits per heavy atom. The van der Waals surface area contributed by atoms with Gasteiger partial charge in [0.25, 0.3) is 0 Å². The second-order valence-corrected chi connectivity index (χ2v) is 7.63. The van der Waals surface area contributed by atoms with Gasteiger partial charge in [0.05, 0.1) is 6.54 Å². The molecule has 1 aromatic heterocycles. The van der Waals surface area contributed by atoms with Crippen molar-refractivity contribution >= 4 is 34.3 Å². The van der Waals surface area contributed by atoms with Crippen molar-refractivity contribution in [2.45, 2.75) is 19.5 Å². The third-order valence-electron chi connectivity index (χ3n) is 5.23. The molecule has 3 N–H and O–H groups in total. The highest BCUT2D eigenvalue weighted by atomic mass is 35.5. The van der Waals surface area contributed by atoms with E-state index in [1.165, 1.54) is 11.1 Å². The monoisotopic (exact) mass is 410 g/mol. The highest BCUT2D eigenvalue weighted by Crippen LogP contribution is 2.25. The first-order chi connectivity index (χ1) is 14.1. The maximum absolute atomic E-state index is 12.1. The number of carbonyl (C=O) groups excluding carboxylic acids is 2. The predicted octanol–water partition coefficient (Wildman–Crippen LogP) is 2.61. The van der Waals surface area contributed by atoms with Crippen LogP contribution in [0.3, 0.4) is 0 Å². The van der Waals surface area contributed by atoms with E-state index in [9.17, 15) is 9.59 Å². The standard InChI is InChI=1S/C22H23ClN4O2/c23-19-6-3-5-16-14-27(10-8-18(16)19)11-9-24-21(28)22(29)25-13-17-12-15-4-1-2-7-20(15)26-17/h1-7,12,26H,8-11,13-14H2,(H,24,28)(H,25,29). The minimum Gasteiger partial charge on any atom is -0.357 e. The first kappa shape index (κ1) is 19.5. The van der Waals surface area contributed by atoms with Crippen LogP contribution in [-0.2, 0) is 29.1 Å². The molecular formula is C22H23ClN4O2. The first-order valence-corrected chi connectivity index (χ1v) is 10.1. The minimum atomic E-state index is -0.626. The summed E-state index contributed by atoms with van der Waals surface area (Å²) in [5.74, 6) is -1.24. The van der Waals surface area contributed by atoms with Crippen LogP contribution in [0.1, 0.15) is 16.8 Å². The van der Waals surface area contributed by atoms with Crippen molar-refractivity contribution in [1.82, 2.24) is 20.5 Å². The van der Waals surface area contributed by atoms with Gasteiger partial charge in [0.1, 0.15) is 0 Å². The number of amides is 2. The van der Waals surface area contributed by atoms with Gasteiger partial charge in [-0.05, 0) is 41.1 Å². The topological polar surface area (TPSA) is 77.2 Å². The highest BCUT2D eigenvalue weighted by molar-refractivity contribution is 6.35.